The number of thiophene rings is 1. The van der Waals surface area contributed by atoms with Gasteiger partial charge in [-0.3, -0.25) is 14.9 Å². The van der Waals surface area contributed by atoms with Crippen LogP contribution < -0.4 is 10.6 Å². The van der Waals surface area contributed by atoms with Gasteiger partial charge in [-0.15, -0.1) is 21.5 Å². The number of hydrogen-bond donors (Lipinski definition) is 2. The molecule has 27 heavy (non-hydrogen) atoms. The third-order valence-corrected chi connectivity index (χ3v) is 6.72. The first kappa shape index (κ1) is 19.5. The third kappa shape index (κ3) is 5.38. The van der Waals surface area contributed by atoms with Crippen LogP contribution in [0.25, 0.3) is 0 Å². The fourth-order valence-corrected chi connectivity index (χ4v) is 4.51. The van der Waals surface area contributed by atoms with E-state index in [9.17, 15) is 9.59 Å². The van der Waals surface area contributed by atoms with Crippen LogP contribution >= 0.6 is 34.4 Å². The summed E-state index contributed by atoms with van der Waals surface area (Å²) < 4.78 is 0.628. The summed E-state index contributed by atoms with van der Waals surface area (Å²) in [6, 6.07) is 7.64. The predicted molar refractivity (Wildman–Crippen MR) is 112 cm³/mol. The summed E-state index contributed by atoms with van der Waals surface area (Å²) in [5.74, 6) is -0.0917. The second kappa shape index (κ2) is 8.64. The van der Waals surface area contributed by atoms with Gasteiger partial charge < -0.3 is 5.32 Å². The maximum atomic E-state index is 12.1. The molecule has 0 bridgehead atoms. The highest BCUT2D eigenvalue weighted by atomic mass is 32.2. The smallest absolute Gasteiger partial charge is 0.267 e. The van der Waals surface area contributed by atoms with Crippen LogP contribution in [-0.2, 0) is 4.79 Å². The van der Waals surface area contributed by atoms with Crippen LogP contribution in [0.3, 0.4) is 0 Å². The lowest BCUT2D eigenvalue weighted by atomic mass is 10.1. The molecular weight excluding hydrogens is 400 g/mol. The van der Waals surface area contributed by atoms with Gasteiger partial charge in [0.1, 0.15) is 0 Å². The molecule has 0 atom stereocenters. The first-order valence-electron chi connectivity index (χ1n) is 8.10. The quantitative estimate of drug-likeness (QED) is 0.455. The van der Waals surface area contributed by atoms with Crippen molar-refractivity contribution in [2.24, 2.45) is 0 Å². The highest BCUT2D eigenvalue weighted by molar-refractivity contribution is 8.01. The van der Waals surface area contributed by atoms with Crippen LogP contribution in [0.5, 0.6) is 0 Å². The third-order valence-electron chi connectivity index (χ3n) is 3.70. The van der Waals surface area contributed by atoms with E-state index in [1.54, 1.807) is 0 Å². The summed E-state index contributed by atoms with van der Waals surface area (Å²) >= 11 is 3.92. The van der Waals surface area contributed by atoms with Gasteiger partial charge in [0.2, 0.25) is 11.0 Å². The molecule has 0 saturated carbocycles. The topological polar surface area (TPSA) is 84.0 Å². The minimum atomic E-state index is -0.201. The fourth-order valence-electron chi connectivity index (χ4n) is 2.17. The van der Waals surface area contributed by atoms with Crippen molar-refractivity contribution in [1.82, 2.24) is 10.2 Å². The number of aryl methyl sites for hydroxylation is 3. The molecular formula is C18H18N4O2S3. The average molecular weight is 419 g/mol. The van der Waals surface area contributed by atoms with Crippen LogP contribution in [0.2, 0.25) is 0 Å². The van der Waals surface area contributed by atoms with Crippen molar-refractivity contribution >= 4 is 57.1 Å². The molecule has 0 radical (unpaired) electrons. The van der Waals surface area contributed by atoms with E-state index in [0.29, 0.717) is 14.3 Å². The summed E-state index contributed by atoms with van der Waals surface area (Å²) in [5, 5.41) is 15.9. The largest absolute Gasteiger partial charge is 0.325 e. The molecule has 2 heterocycles. The van der Waals surface area contributed by atoms with Crippen LogP contribution in [0.15, 0.2) is 34.0 Å². The Morgan fingerprint density at radius 1 is 1.07 bits per heavy atom. The number of aromatic nitrogens is 2. The summed E-state index contributed by atoms with van der Waals surface area (Å²) in [5.41, 5.74) is 4.14. The first-order valence-corrected chi connectivity index (χ1v) is 10.8. The Morgan fingerprint density at radius 2 is 1.89 bits per heavy atom. The Balaban J connectivity index is 1.50. The molecule has 0 spiro atoms. The highest BCUT2D eigenvalue weighted by Crippen LogP contribution is 2.26. The van der Waals surface area contributed by atoms with Crippen molar-refractivity contribution in [3.05, 3.63) is 51.2 Å². The van der Waals surface area contributed by atoms with E-state index in [4.69, 9.17) is 0 Å². The Labute approximate surface area is 169 Å². The number of anilines is 2. The monoisotopic (exact) mass is 418 g/mol. The second-order valence-corrected chi connectivity index (χ2v) is 9.06. The standard InChI is InChI=1S/C18H18N4O2S3/c1-10-6-14(25-8-10)16(24)20-17-21-22-18(27-17)26-9-15(23)19-13-5-4-11(2)12(3)7-13/h4-8H,9H2,1-3H3,(H,19,23)(H,20,21,24). The minimum absolute atomic E-state index is 0.113. The molecule has 0 saturated heterocycles. The summed E-state index contributed by atoms with van der Waals surface area (Å²) in [7, 11) is 0. The second-order valence-electron chi connectivity index (χ2n) is 5.95. The zero-order chi connectivity index (χ0) is 19.4. The normalized spacial score (nSPS) is 10.6. The molecule has 0 aliphatic rings. The van der Waals surface area contributed by atoms with Gasteiger partial charge in [0.25, 0.3) is 5.91 Å². The van der Waals surface area contributed by atoms with Gasteiger partial charge >= 0.3 is 0 Å². The maximum absolute atomic E-state index is 12.1. The van der Waals surface area contributed by atoms with Gasteiger partial charge in [0.05, 0.1) is 10.6 Å². The van der Waals surface area contributed by atoms with E-state index < -0.39 is 0 Å². The number of thioether (sulfide) groups is 1. The van der Waals surface area contributed by atoms with E-state index in [1.807, 2.05) is 50.4 Å². The van der Waals surface area contributed by atoms with Gasteiger partial charge in [0.15, 0.2) is 4.34 Å². The van der Waals surface area contributed by atoms with Crippen molar-refractivity contribution in [3.63, 3.8) is 0 Å². The summed E-state index contributed by atoms with van der Waals surface area (Å²) in [4.78, 5) is 24.9. The van der Waals surface area contributed by atoms with Gasteiger partial charge in [-0.05, 0) is 61.0 Å². The Morgan fingerprint density at radius 3 is 2.59 bits per heavy atom. The van der Waals surface area contributed by atoms with Crippen molar-refractivity contribution in [2.75, 3.05) is 16.4 Å². The molecule has 0 fully saturated rings. The zero-order valence-corrected chi connectivity index (χ0v) is 17.5. The number of amides is 2. The van der Waals surface area contributed by atoms with E-state index >= 15 is 0 Å². The maximum Gasteiger partial charge on any atom is 0.267 e. The number of nitrogens with zero attached hydrogens (tertiary/aromatic N) is 2. The van der Waals surface area contributed by atoms with Crippen LogP contribution in [0.4, 0.5) is 10.8 Å². The van der Waals surface area contributed by atoms with Crippen LogP contribution in [-0.4, -0.2) is 27.8 Å². The van der Waals surface area contributed by atoms with Crippen molar-refractivity contribution < 1.29 is 9.59 Å². The van der Waals surface area contributed by atoms with Gasteiger partial charge in [-0.25, -0.2) is 0 Å². The first-order chi connectivity index (χ1) is 12.9. The predicted octanol–water partition coefficient (Wildman–Crippen LogP) is 4.51. The molecule has 0 unspecified atom stereocenters. The molecule has 6 nitrogen and oxygen atoms in total. The molecule has 2 amide bonds. The van der Waals surface area contributed by atoms with Crippen molar-refractivity contribution in [1.29, 1.82) is 0 Å². The Bertz CT molecular complexity index is 981. The summed E-state index contributed by atoms with van der Waals surface area (Å²) in [6.45, 7) is 5.98. The van der Waals surface area contributed by atoms with E-state index in [0.717, 1.165) is 16.8 Å². The molecule has 0 aliphatic heterocycles. The SMILES string of the molecule is Cc1csc(C(=O)Nc2nnc(SCC(=O)Nc3ccc(C)c(C)c3)s2)c1. The molecule has 2 aromatic heterocycles. The number of carbonyl (C=O) groups excluding carboxylic acids is 2. The molecule has 0 aliphatic carbocycles. The van der Waals surface area contributed by atoms with E-state index in [-0.39, 0.29) is 17.6 Å². The van der Waals surface area contributed by atoms with Gasteiger partial charge in [-0.1, -0.05) is 29.2 Å². The zero-order valence-electron chi connectivity index (χ0n) is 15.0. The molecule has 3 aromatic rings. The number of benzene rings is 1. The molecule has 2 N–H and O–H groups in total. The van der Waals surface area contributed by atoms with Crippen molar-refractivity contribution in [2.45, 2.75) is 25.1 Å². The molecule has 9 heteroatoms. The van der Waals surface area contributed by atoms with Crippen LogP contribution in [0.1, 0.15) is 26.4 Å². The van der Waals surface area contributed by atoms with Gasteiger partial charge in [-0.2, -0.15) is 0 Å². The Kier molecular flexibility index (Phi) is 6.25. The summed E-state index contributed by atoms with van der Waals surface area (Å²) in [6.07, 6.45) is 0. The molecule has 140 valence electrons. The minimum Gasteiger partial charge on any atom is -0.325 e. The van der Waals surface area contributed by atoms with Gasteiger partial charge in [0, 0.05) is 5.69 Å². The van der Waals surface area contributed by atoms with E-state index in [2.05, 4.69) is 20.8 Å². The lowest BCUT2D eigenvalue weighted by Crippen LogP contribution is -2.14. The number of hydrogen-bond acceptors (Lipinski definition) is 7. The van der Waals surface area contributed by atoms with Crippen molar-refractivity contribution in [3.8, 4) is 0 Å². The highest BCUT2D eigenvalue weighted by Gasteiger charge is 2.13. The molecule has 3 rings (SSSR count). The number of carbonyl (C=O) groups is 2. The molecule has 1 aromatic carbocycles. The Hall–Kier alpha value is -2.23. The lowest BCUT2D eigenvalue weighted by molar-refractivity contribution is -0.113. The average Bonchev–Trinajstić information content (AvgIpc) is 3.25. The number of nitrogens with one attached hydrogen (secondary N) is 2. The fraction of sp³-hybridized carbons (Fsp3) is 0.222. The number of rotatable bonds is 6. The van der Waals surface area contributed by atoms with Crippen LogP contribution in [0, 0.1) is 20.8 Å². The lowest BCUT2D eigenvalue weighted by Gasteiger charge is -2.06. The van der Waals surface area contributed by atoms with E-state index in [1.165, 1.54) is 40.0 Å².